The standard InChI is InChI=1S/C28H23F3N4O2S2/c1-2-3-6-14-37-23-12-11-19(15-20(23)28(29,30)31)35(26(36)18-8-7-13-32-16-18)27-34-22(17-38-27)25-33-21-9-4-5-10-24(21)39-25/h4-5,7-13,15-17H,2-3,6,14H2,1H3. The van der Waals surface area contributed by atoms with Gasteiger partial charge in [-0.3, -0.25) is 14.7 Å². The van der Waals surface area contributed by atoms with Gasteiger partial charge in [0.15, 0.2) is 5.13 Å². The number of fused-ring (bicyclic) bond motifs is 1. The normalized spacial score (nSPS) is 11.6. The van der Waals surface area contributed by atoms with Crippen LogP contribution in [0, 0.1) is 0 Å². The van der Waals surface area contributed by atoms with Crippen molar-refractivity contribution in [1.82, 2.24) is 15.0 Å². The van der Waals surface area contributed by atoms with E-state index in [0.29, 0.717) is 17.1 Å². The molecule has 2 aromatic carbocycles. The molecule has 5 rings (SSSR count). The van der Waals surface area contributed by atoms with Crippen molar-refractivity contribution in [2.75, 3.05) is 11.5 Å². The fourth-order valence-corrected chi connectivity index (χ4v) is 5.75. The monoisotopic (exact) mass is 568 g/mol. The van der Waals surface area contributed by atoms with Crippen LogP contribution in [-0.4, -0.2) is 27.5 Å². The van der Waals surface area contributed by atoms with Crippen molar-refractivity contribution >= 4 is 49.6 Å². The summed E-state index contributed by atoms with van der Waals surface area (Å²) in [6.07, 6.45) is 0.624. The first-order chi connectivity index (χ1) is 18.8. The zero-order valence-electron chi connectivity index (χ0n) is 20.8. The highest BCUT2D eigenvalue weighted by atomic mass is 32.1. The number of thiazole rings is 2. The third-order valence-electron chi connectivity index (χ3n) is 5.84. The second-order valence-electron chi connectivity index (χ2n) is 8.62. The van der Waals surface area contributed by atoms with E-state index in [1.54, 1.807) is 17.5 Å². The van der Waals surface area contributed by atoms with Gasteiger partial charge in [0.25, 0.3) is 5.91 Å². The Labute approximate surface area is 230 Å². The predicted molar refractivity (Wildman–Crippen MR) is 148 cm³/mol. The summed E-state index contributed by atoms with van der Waals surface area (Å²) < 4.78 is 48.8. The zero-order valence-corrected chi connectivity index (χ0v) is 22.4. The molecule has 200 valence electrons. The molecule has 0 N–H and O–H groups in total. The van der Waals surface area contributed by atoms with Crippen LogP contribution in [0.2, 0.25) is 0 Å². The van der Waals surface area contributed by atoms with Gasteiger partial charge in [-0.25, -0.2) is 9.97 Å². The van der Waals surface area contributed by atoms with Crippen molar-refractivity contribution in [2.45, 2.75) is 32.4 Å². The van der Waals surface area contributed by atoms with Gasteiger partial charge < -0.3 is 4.74 Å². The molecule has 0 bridgehead atoms. The minimum atomic E-state index is -4.69. The first-order valence-corrected chi connectivity index (χ1v) is 13.9. The molecule has 0 saturated heterocycles. The summed E-state index contributed by atoms with van der Waals surface area (Å²) in [5.41, 5.74) is 0.625. The van der Waals surface area contributed by atoms with Crippen LogP contribution < -0.4 is 9.64 Å². The largest absolute Gasteiger partial charge is 0.493 e. The van der Waals surface area contributed by atoms with Crippen LogP contribution in [0.3, 0.4) is 0 Å². The van der Waals surface area contributed by atoms with Crippen LogP contribution >= 0.6 is 22.7 Å². The number of benzene rings is 2. The highest BCUT2D eigenvalue weighted by molar-refractivity contribution is 7.22. The van der Waals surface area contributed by atoms with Crippen LogP contribution in [0.25, 0.3) is 20.9 Å². The molecular formula is C28H23F3N4O2S2. The Balaban J connectivity index is 1.56. The fourth-order valence-electron chi connectivity index (χ4n) is 3.92. The Bertz CT molecular complexity index is 1550. The summed E-state index contributed by atoms with van der Waals surface area (Å²) >= 11 is 2.59. The molecule has 0 fully saturated rings. The molecule has 0 aliphatic rings. The number of amides is 1. The summed E-state index contributed by atoms with van der Waals surface area (Å²) in [5.74, 6) is -0.830. The molecular weight excluding hydrogens is 545 g/mol. The molecule has 0 atom stereocenters. The molecule has 0 spiro atoms. The molecule has 0 aliphatic heterocycles. The average molecular weight is 569 g/mol. The van der Waals surface area contributed by atoms with Crippen molar-refractivity contribution in [3.05, 3.63) is 83.5 Å². The molecule has 0 saturated carbocycles. The number of pyridine rings is 1. The lowest BCUT2D eigenvalue weighted by Gasteiger charge is -2.22. The van der Waals surface area contributed by atoms with Crippen LogP contribution in [0.5, 0.6) is 5.75 Å². The lowest BCUT2D eigenvalue weighted by molar-refractivity contribution is -0.138. The Morgan fingerprint density at radius 1 is 1.05 bits per heavy atom. The smallest absolute Gasteiger partial charge is 0.420 e. The third kappa shape index (κ3) is 5.94. The molecule has 3 aromatic heterocycles. The summed E-state index contributed by atoms with van der Waals surface area (Å²) in [6, 6.07) is 14.4. The van der Waals surface area contributed by atoms with Crippen molar-refractivity contribution in [3.8, 4) is 16.5 Å². The summed E-state index contributed by atoms with van der Waals surface area (Å²) in [7, 11) is 0. The SMILES string of the molecule is CCCCCOc1ccc(N(C(=O)c2cccnc2)c2nc(-c3nc4ccccc4s3)cs2)cc1C(F)(F)F. The quantitative estimate of drug-likeness (QED) is 0.167. The minimum Gasteiger partial charge on any atom is -0.493 e. The molecule has 39 heavy (non-hydrogen) atoms. The molecule has 5 aromatic rings. The van der Waals surface area contributed by atoms with Crippen molar-refractivity contribution in [1.29, 1.82) is 0 Å². The number of alkyl halides is 3. The van der Waals surface area contributed by atoms with Gasteiger partial charge in [0.1, 0.15) is 16.5 Å². The molecule has 11 heteroatoms. The van der Waals surface area contributed by atoms with E-state index in [1.807, 2.05) is 31.2 Å². The van der Waals surface area contributed by atoms with Gasteiger partial charge in [0.2, 0.25) is 0 Å². The lowest BCUT2D eigenvalue weighted by Crippen LogP contribution is -2.26. The number of para-hydroxylation sites is 1. The van der Waals surface area contributed by atoms with Gasteiger partial charge >= 0.3 is 6.18 Å². The van der Waals surface area contributed by atoms with Crippen LogP contribution in [0.15, 0.2) is 72.4 Å². The first-order valence-electron chi connectivity index (χ1n) is 12.2. The van der Waals surface area contributed by atoms with E-state index < -0.39 is 17.6 Å². The summed E-state index contributed by atoms with van der Waals surface area (Å²) in [6.45, 7) is 2.18. The highest BCUT2D eigenvalue weighted by Crippen LogP contribution is 2.42. The number of rotatable bonds is 9. The topological polar surface area (TPSA) is 68.2 Å². The van der Waals surface area contributed by atoms with Gasteiger partial charge in [-0.1, -0.05) is 31.9 Å². The van der Waals surface area contributed by atoms with Gasteiger partial charge in [-0.15, -0.1) is 22.7 Å². The summed E-state index contributed by atoms with van der Waals surface area (Å²) in [5, 5.41) is 2.61. The molecule has 1 amide bonds. The number of hydrogen-bond acceptors (Lipinski definition) is 7. The Morgan fingerprint density at radius 3 is 2.64 bits per heavy atom. The van der Waals surface area contributed by atoms with Crippen LogP contribution in [-0.2, 0) is 6.18 Å². The number of anilines is 2. The molecule has 0 aliphatic carbocycles. The van der Waals surface area contributed by atoms with E-state index in [2.05, 4.69) is 15.0 Å². The maximum absolute atomic E-state index is 14.1. The first kappa shape index (κ1) is 26.8. The molecule has 0 unspecified atom stereocenters. The zero-order chi connectivity index (χ0) is 27.4. The number of ether oxygens (including phenoxy) is 1. The van der Waals surface area contributed by atoms with Gasteiger partial charge in [0, 0.05) is 17.8 Å². The second kappa shape index (κ2) is 11.5. The maximum Gasteiger partial charge on any atom is 0.420 e. The Hall–Kier alpha value is -3.83. The summed E-state index contributed by atoms with van der Waals surface area (Å²) in [4.78, 5) is 28.1. The van der Waals surface area contributed by atoms with Crippen molar-refractivity contribution in [3.63, 3.8) is 0 Å². The number of halogens is 3. The van der Waals surface area contributed by atoms with Gasteiger partial charge in [0.05, 0.1) is 33.6 Å². The molecule has 3 heterocycles. The second-order valence-corrected chi connectivity index (χ2v) is 10.5. The van der Waals surface area contributed by atoms with E-state index in [4.69, 9.17) is 4.74 Å². The van der Waals surface area contributed by atoms with Gasteiger partial charge in [-0.05, 0) is 48.9 Å². The third-order valence-corrected chi connectivity index (χ3v) is 7.72. The lowest BCUT2D eigenvalue weighted by atomic mass is 10.1. The Morgan fingerprint density at radius 2 is 1.90 bits per heavy atom. The van der Waals surface area contributed by atoms with E-state index in [1.165, 1.54) is 40.8 Å². The van der Waals surface area contributed by atoms with Crippen molar-refractivity contribution in [2.24, 2.45) is 0 Å². The Kier molecular flexibility index (Phi) is 7.89. The van der Waals surface area contributed by atoms with Gasteiger partial charge in [-0.2, -0.15) is 13.2 Å². The maximum atomic E-state index is 14.1. The highest BCUT2D eigenvalue weighted by Gasteiger charge is 2.36. The molecule has 0 radical (unpaired) electrons. The fraction of sp³-hybridized carbons (Fsp3) is 0.214. The average Bonchev–Trinajstić information content (AvgIpc) is 3.59. The number of nitrogens with zero attached hydrogens (tertiary/aromatic N) is 4. The number of aromatic nitrogens is 3. The van der Waals surface area contributed by atoms with E-state index in [-0.39, 0.29) is 28.7 Å². The predicted octanol–water partition coefficient (Wildman–Crippen LogP) is 8.38. The van der Waals surface area contributed by atoms with E-state index >= 15 is 0 Å². The van der Waals surface area contributed by atoms with Crippen LogP contribution in [0.4, 0.5) is 24.0 Å². The molecule has 6 nitrogen and oxygen atoms in total. The van der Waals surface area contributed by atoms with E-state index in [9.17, 15) is 18.0 Å². The number of unbranched alkanes of at least 4 members (excludes halogenated alkanes) is 2. The van der Waals surface area contributed by atoms with E-state index in [0.717, 1.165) is 40.5 Å². The minimum absolute atomic E-state index is 0.0160. The van der Waals surface area contributed by atoms with Crippen LogP contribution in [0.1, 0.15) is 42.1 Å². The number of carbonyl (C=O) groups excluding carboxylic acids is 1. The number of hydrogen-bond donors (Lipinski definition) is 0. The van der Waals surface area contributed by atoms with Crippen molar-refractivity contribution < 1.29 is 22.7 Å². The number of carbonyl (C=O) groups is 1.